The first-order chi connectivity index (χ1) is 8.54. The molecule has 1 aliphatic rings. The third kappa shape index (κ3) is 2.93. The number of ether oxygens (including phenoxy) is 1. The summed E-state index contributed by atoms with van der Waals surface area (Å²) in [5.41, 5.74) is 0. The van der Waals surface area contributed by atoms with Crippen LogP contribution in [0.4, 0.5) is 0 Å². The van der Waals surface area contributed by atoms with Crippen LogP contribution in [0.25, 0.3) is 0 Å². The monoisotopic (exact) mass is 333 g/mol. The standard InChI is InChI=1S/C12H16BrNO3S/c1-17-11-6-8-14(9-7-11)18(15,16)12-4-2-10(13)3-5-12/h2-5,11H,6-9H2,1H3. The number of piperidine rings is 1. The molecule has 0 unspecified atom stereocenters. The van der Waals surface area contributed by atoms with Crippen LogP contribution in [0.5, 0.6) is 0 Å². The van der Waals surface area contributed by atoms with Crippen LogP contribution in [-0.4, -0.2) is 39.0 Å². The Bertz CT molecular complexity index is 493. The highest BCUT2D eigenvalue weighted by Crippen LogP contribution is 2.23. The van der Waals surface area contributed by atoms with E-state index in [1.165, 1.54) is 4.31 Å². The molecule has 0 aromatic heterocycles. The van der Waals surface area contributed by atoms with Crippen LogP contribution in [0.2, 0.25) is 0 Å². The molecule has 100 valence electrons. The number of hydrogen-bond acceptors (Lipinski definition) is 3. The molecule has 0 bridgehead atoms. The lowest BCUT2D eigenvalue weighted by Gasteiger charge is -2.30. The molecule has 0 spiro atoms. The van der Waals surface area contributed by atoms with Gasteiger partial charge in [-0.05, 0) is 37.1 Å². The molecule has 1 fully saturated rings. The van der Waals surface area contributed by atoms with Gasteiger partial charge in [0.05, 0.1) is 11.0 Å². The van der Waals surface area contributed by atoms with E-state index < -0.39 is 10.0 Å². The predicted octanol–water partition coefficient (Wildman–Crippen LogP) is 2.25. The number of halogens is 1. The summed E-state index contributed by atoms with van der Waals surface area (Å²) >= 11 is 3.30. The number of rotatable bonds is 3. The highest BCUT2D eigenvalue weighted by molar-refractivity contribution is 9.10. The maximum Gasteiger partial charge on any atom is 0.243 e. The summed E-state index contributed by atoms with van der Waals surface area (Å²) in [6.07, 6.45) is 1.69. The van der Waals surface area contributed by atoms with Gasteiger partial charge >= 0.3 is 0 Å². The van der Waals surface area contributed by atoms with Crippen molar-refractivity contribution in [2.75, 3.05) is 20.2 Å². The van der Waals surface area contributed by atoms with E-state index >= 15 is 0 Å². The second-order valence-electron chi connectivity index (χ2n) is 4.29. The summed E-state index contributed by atoms with van der Waals surface area (Å²) in [7, 11) is -1.68. The third-order valence-corrected chi connectivity index (χ3v) is 5.63. The lowest BCUT2D eigenvalue weighted by Crippen LogP contribution is -2.40. The van der Waals surface area contributed by atoms with Crippen LogP contribution in [0.15, 0.2) is 33.6 Å². The summed E-state index contributed by atoms with van der Waals surface area (Å²) in [4.78, 5) is 0.349. The van der Waals surface area contributed by atoms with Crippen LogP contribution < -0.4 is 0 Å². The lowest BCUT2D eigenvalue weighted by molar-refractivity contribution is 0.0604. The van der Waals surface area contributed by atoms with Crippen molar-refractivity contribution in [2.45, 2.75) is 23.8 Å². The van der Waals surface area contributed by atoms with Crippen molar-refractivity contribution in [3.63, 3.8) is 0 Å². The zero-order valence-electron chi connectivity index (χ0n) is 10.2. The van der Waals surface area contributed by atoms with E-state index in [4.69, 9.17) is 4.74 Å². The normalized spacial score (nSPS) is 19.0. The van der Waals surface area contributed by atoms with Gasteiger partial charge in [-0.3, -0.25) is 0 Å². The largest absolute Gasteiger partial charge is 0.381 e. The molecule has 0 aliphatic carbocycles. The fraction of sp³-hybridized carbons (Fsp3) is 0.500. The summed E-state index contributed by atoms with van der Waals surface area (Å²) in [5, 5.41) is 0. The SMILES string of the molecule is COC1CCN(S(=O)(=O)c2ccc(Br)cc2)CC1. The fourth-order valence-corrected chi connectivity index (χ4v) is 3.80. The van der Waals surface area contributed by atoms with Crippen molar-refractivity contribution in [3.8, 4) is 0 Å². The van der Waals surface area contributed by atoms with Gasteiger partial charge in [-0.15, -0.1) is 0 Å². The summed E-state index contributed by atoms with van der Waals surface area (Å²) < 4.78 is 32.4. The van der Waals surface area contributed by atoms with Gasteiger partial charge in [-0.25, -0.2) is 8.42 Å². The second kappa shape index (κ2) is 5.69. The molecule has 0 saturated carbocycles. The van der Waals surface area contributed by atoms with Crippen molar-refractivity contribution in [2.24, 2.45) is 0 Å². The Morgan fingerprint density at radius 2 is 1.78 bits per heavy atom. The molecule has 18 heavy (non-hydrogen) atoms. The third-order valence-electron chi connectivity index (χ3n) is 3.19. The quantitative estimate of drug-likeness (QED) is 0.852. The molecule has 4 nitrogen and oxygen atoms in total. The summed E-state index contributed by atoms with van der Waals surface area (Å²) in [6, 6.07) is 6.74. The average molecular weight is 334 g/mol. The number of hydrogen-bond donors (Lipinski definition) is 0. The highest BCUT2D eigenvalue weighted by atomic mass is 79.9. The smallest absolute Gasteiger partial charge is 0.243 e. The minimum absolute atomic E-state index is 0.182. The molecule has 0 atom stereocenters. The summed E-state index contributed by atoms with van der Waals surface area (Å²) in [5.74, 6) is 0. The van der Waals surface area contributed by atoms with Gasteiger partial charge in [0, 0.05) is 24.7 Å². The Kier molecular flexibility index (Phi) is 4.42. The van der Waals surface area contributed by atoms with Gasteiger partial charge in [0.25, 0.3) is 0 Å². The minimum Gasteiger partial charge on any atom is -0.381 e. The van der Waals surface area contributed by atoms with Crippen LogP contribution >= 0.6 is 15.9 Å². The first-order valence-electron chi connectivity index (χ1n) is 5.82. The molecule has 6 heteroatoms. The van der Waals surface area contributed by atoms with Crippen molar-refractivity contribution >= 4 is 26.0 Å². The van der Waals surface area contributed by atoms with Crippen LogP contribution in [0.1, 0.15) is 12.8 Å². The van der Waals surface area contributed by atoms with E-state index in [0.29, 0.717) is 18.0 Å². The maximum atomic E-state index is 12.4. The molecule has 1 aliphatic heterocycles. The van der Waals surface area contributed by atoms with Gasteiger partial charge in [0.1, 0.15) is 0 Å². The zero-order valence-corrected chi connectivity index (χ0v) is 12.6. The molecule has 0 amide bonds. The Morgan fingerprint density at radius 3 is 2.28 bits per heavy atom. The molecule has 1 aromatic rings. The number of benzene rings is 1. The fourth-order valence-electron chi connectivity index (χ4n) is 2.06. The summed E-state index contributed by atoms with van der Waals surface area (Å²) in [6.45, 7) is 1.05. The molecule has 0 radical (unpaired) electrons. The lowest BCUT2D eigenvalue weighted by atomic mass is 10.1. The van der Waals surface area contributed by atoms with Crippen molar-refractivity contribution in [3.05, 3.63) is 28.7 Å². The zero-order chi connectivity index (χ0) is 13.2. The van der Waals surface area contributed by atoms with E-state index in [-0.39, 0.29) is 6.10 Å². The van der Waals surface area contributed by atoms with E-state index in [0.717, 1.165) is 17.3 Å². The topological polar surface area (TPSA) is 46.6 Å². The highest BCUT2D eigenvalue weighted by Gasteiger charge is 2.29. The predicted molar refractivity (Wildman–Crippen MR) is 72.9 cm³/mol. The van der Waals surface area contributed by atoms with Gasteiger partial charge < -0.3 is 4.74 Å². The number of methoxy groups -OCH3 is 1. The van der Waals surface area contributed by atoms with Gasteiger partial charge in [-0.2, -0.15) is 4.31 Å². The Labute approximate surface area is 116 Å². The molecule has 1 heterocycles. The van der Waals surface area contributed by atoms with Gasteiger partial charge in [0.2, 0.25) is 10.0 Å². The Balaban J connectivity index is 2.15. The number of sulfonamides is 1. The molecular formula is C12H16BrNO3S. The minimum atomic E-state index is -3.35. The van der Waals surface area contributed by atoms with Crippen molar-refractivity contribution in [1.29, 1.82) is 0 Å². The van der Waals surface area contributed by atoms with E-state index in [1.807, 2.05) is 0 Å². The molecule has 1 aromatic carbocycles. The molecule has 0 N–H and O–H groups in total. The Hall–Kier alpha value is -0.430. The second-order valence-corrected chi connectivity index (χ2v) is 7.15. The molecule has 1 saturated heterocycles. The Morgan fingerprint density at radius 1 is 1.22 bits per heavy atom. The maximum absolute atomic E-state index is 12.4. The average Bonchev–Trinajstić information content (AvgIpc) is 2.39. The van der Waals surface area contributed by atoms with E-state index in [2.05, 4.69) is 15.9 Å². The first-order valence-corrected chi connectivity index (χ1v) is 8.06. The van der Waals surface area contributed by atoms with Crippen LogP contribution in [-0.2, 0) is 14.8 Å². The van der Waals surface area contributed by atoms with Crippen molar-refractivity contribution < 1.29 is 13.2 Å². The van der Waals surface area contributed by atoms with E-state index in [1.54, 1.807) is 31.4 Å². The van der Waals surface area contributed by atoms with Gasteiger partial charge in [-0.1, -0.05) is 15.9 Å². The van der Waals surface area contributed by atoms with E-state index in [9.17, 15) is 8.42 Å². The molecule has 2 rings (SSSR count). The van der Waals surface area contributed by atoms with Crippen molar-refractivity contribution in [1.82, 2.24) is 4.31 Å². The first kappa shape index (κ1) is 14.0. The number of nitrogens with zero attached hydrogens (tertiary/aromatic N) is 1. The van der Waals surface area contributed by atoms with Gasteiger partial charge in [0.15, 0.2) is 0 Å². The van der Waals surface area contributed by atoms with Crippen LogP contribution in [0.3, 0.4) is 0 Å². The molecular weight excluding hydrogens is 318 g/mol. The van der Waals surface area contributed by atoms with Crippen LogP contribution in [0, 0.1) is 0 Å².